The largest absolute Gasteiger partial charge is 0.325 e. The van der Waals surface area contributed by atoms with Gasteiger partial charge in [0, 0.05) is 24.8 Å². The van der Waals surface area contributed by atoms with Crippen LogP contribution in [0.4, 0.5) is 10.5 Å². The Morgan fingerprint density at radius 2 is 2.10 bits per heavy atom. The van der Waals surface area contributed by atoms with Gasteiger partial charge in [0.05, 0.1) is 0 Å². The molecule has 0 heterocycles. The molecule has 0 aliphatic carbocycles. The van der Waals surface area contributed by atoms with Gasteiger partial charge in [-0.15, -0.1) is 0 Å². The van der Waals surface area contributed by atoms with Gasteiger partial charge in [0.2, 0.25) is 0 Å². The summed E-state index contributed by atoms with van der Waals surface area (Å²) in [5, 5.41) is 6.17. The Hall–Kier alpha value is -1.20. The number of amides is 2. The third-order valence-electron chi connectivity index (χ3n) is 3.79. The van der Waals surface area contributed by atoms with E-state index < -0.39 is 0 Å². The third kappa shape index (κ3) is 5.59. The number of urea groups is 1. The van der Waals surface area contributed by atoms with E-state index in [4.69, 9.17) is 0 Å². The Morgan fingerprint density at radius 3 is 2.71 bits per heavy atom. The zero-order valence-electron chi connectivity index (χ0n) is 13.6. The summed E-state index contributed by atoms with van der Waals surface area (Å²) in [7, 11) is 3.78. The fraction of sp³-hybridized carbons (Fsp3) is 0.562. The topological polar surface area (TPSA) is 44.4 Å². The predicted molar refractivity (Wildman–Crippen MR) is 93.2 cm³/mol. The van der Waals surface area contributed by atoms with Crippen molar-refractivity contribution in [1.82, 2.24) is 10.2 Å². The maximum atomic E-state index is 12.3. The average molecular weight is 309 g/mol. The maximum Gasteiger partial charge on any atom is 0.321 e. The Balaban J connectivity index is 2.65. The first-order chi connectivity index (χ1) is 9.99. The highest BCUT2D eigenvalue weighted by molar-refractivity contribution is 7.98. The lowest BCUT2D eigenvalue weighted by atomic mass is 10.1. The van der Waals surface area contributed by atoms with E-state index in [0.29, 0.717) is 0 Å². The number of hydrogen-bond donors (Lipinski definition) is 2. The van der Waals surface area contributed by atoms with Crippen LogP contribution in [0.25, 0.3) is 0 Å². The van der Waals surface area contributed by atoms with Crippen molar-refractivity contribution in [3.05, 3.63) is 29.8 Å². The number of nitrogens with zero attached hydrogens (tertiary/aromatic N) is 1. The van der Waals surface area contributed by atoms with E-state index in [-0.39, 0.29) is 18.1 Å². The number of anilines is 1. The second kappa shape index (κ2) is 8.95. The van der Waals surface area contributed by atoms with Crippen molar-refractivity contribution in [2.75, 3.05) is 31.4 Å². The molecule has 1 aromatic carbocycles. The number of carbonyl (C=O) groups excluding carboxylic acids is 1. The first-order valence-electron chi connectivity index (χ1n) is 7.29. The molecule has 2 atom stereocenters. The van der Waals surface area contributed by atoms with Crippen LogP contribution in [0, 0.1) is 0 Å². The first-order valence-corrected chi connectivity index (χ1v) is 8.69. The minimum absolute atomic E-state index is 0.0575. The summed E-state index contributed by atoms with van der Waals surface area (Å²) < 4.78 is 0. The Bertz CT molecular complexity index is 453. The summed E-state index contributed by atoms with van der Waals surface area (Å²) in [6.07, 6.45) is 3.09. The fourth-order valence-electron chi connectivity index (χ4n) is 1.95. The van der Waals surface area contributed by atoms with Crippen molar-refractivity contribution in [2.24, 2.45) is 0 Å². The van der Waals surface area contributed by atoms with Gasteiger partial charge in [-0.1, -0.05) is 12.1 Å². The number of rotatable bonds is 7. The molecule has 0 bridgehead atoms. The van der Waals surface area contributed by atoms with Gasteiger partial charge in [-0.3, -0.25) is 0 Å². The Kier molecular flexibility index (Phi) is 7.61. The monoisotopic (exact) mass is 309 g/mol. The molecule has 0 spiro atoms. The fourth-order valence-corrected chi connectivity index (χ4v) is 2.52. The summed E-state index contributed by atoms with van der Waals surface area (Å²) >= 11 is 1.81. The van der Waals surface area contributed by atoms with Crippen LogP contribution in [0.15, 0.2) is 24.3 Å². The molecule has 118 valence electrons. The molecule has 0 fully saturated rings. The molecule has 0 saturated carbocycles. The lowest BCUT2D eigenvalue weighted by molar-refractivity contribution is 0.207. The van der Waals surface area contributed by atoms with Crippen molar-refractivity contribution < 1.29 is 4.79 Å². The Morgan fingerprint density at radius 1 is 1.38 bits per heavy atom. The van der Waals surface area contributed by atoms with Crippen LogP contribution in [0.3, 0.4) is 0 Å². The number of carbonyl (C=O) groups is 1. The summed E-state index contributed by atoms with van der Waals surface area (Å²) in [5.41, 5.74) is 2.00. The molecule has 21 heavy (non-hydrogen) atoms. The summed E-state index contributed by atoms with van der Waals surface area (Å²) in [6, 6.07) is 8.40. The molecule has 0 aliphatic rings. The van der Waals surface area contributed by atoms with Gasteiger partial charge < -0.3 is 15.5 Å². The second-order valence-corrected chi connectivity index (χ2v) is 6.29. The number of nitrogens with one attached hydrogen (secondary N) is 2. The van der Waals surface area contributed by atoms with Crippen molar-refractivity contribution in [2.45, 2.75) is 32.4 Å². The van der Waals surface area contributed by atoms with Crippen molar-refractivity contribution in [3.63, 3.8) is 0 Å². The molecule has 0 aliphatic heterocycles. The lowest BCUT2D eigenvalue weighted by Gasteiger charge is -2.25. The van der Waals surface area contributed by atoms with Crippen molar-refractivity contribution in [3.8, 4) is 0 Å². The van der Waals surface area contributed by atoms with E-state index in [1.165, 1.54) is 0 Å². The number of benzene rings is 1. The zero-order valence-corrected chi connectivity index (χ0v) is 14.5. The molecule has 1 rings (SSSR count). The highest BCUT2D eigenvalue weighted by atomic mass is 32.2. The van der Waals surface area contributed by atoms with Crippen LogP contribution in [0.5, 0.6) is 0 Å². The van der Waals surface area contributed by atoms with Crippen LogP contribution in [0.1, 0.15) is 31.9 Å². The molecule has 4 nitrogen and oxygen atoms in total. The minimum atomic E-state index is -0.0575. The minimum Gasteiger partial charge on any atom is -0.325 e. The number of hydrogen-bond acceptors (Lipinski definition) is 3. The standard InChI is InChI=1S/C16H27N3OS/c1-12(9-10-21-5)19(4)16(20)18-15-8-6-7-14(11-15)13(2)17-3/h6-8,11-13,17H,9-10H2,1-5H3,(H,18,20). The zero-order chi connectivity index (χ0) is 15.8. The van der Waals surface area contributed by atoms with Crippen molar-refractivity contribution >= 4 is 23.5 Å². The van der Waals surface area contributed by atoms with Gasteiger partial charge in [-0.25, -0.2) is 4.79 Å². The van der Waals surface area contributed by atoms with Gasteiger partial charge >= 0.3 is 6.03 Å². The van der Waals surface area contributed by atoms with E-state index in [1.54, 1.807) is 16.7 Å². The molecule has 0 saturated heterocycles. The molecule has 0 radical (unpaired) electrons. The van der Waals surface area contributed by atoms with Crippen LogP contribution < -0.4 is 10.6 Å². The second-order valence-electron chi connectivity index (χ2n) is 5.31. The van der Waals surface area contributed by atoms with Gasteiger partial charge in [0.25, 0.3) is 0 Å². The third-order valence-corrected chi connectivity index (χ3v) is 4.44. The predicted octanol–water partition coefficient (Wildman–Crippen LogP) is 3.57. The smallest absolute Gasteiger partial charge is 0.321 e. The van der Waals surface area contributed by atoms with Crippen LogP contribution in [-0.4, -0.2) is 43.1 Å². The summed E-state index contributed by atoms with van der Waals surface area (Å²) in [4.78, 5) is 14.0. The lowest BCUT2D eigenvalue weighted by Crippen LogP contribution is -2.38. The molecule has 5 heteroatoms. The van der Waals surface area contributed by atoms with E-state index in [0.717, 1.165) is 23.4 Å². The highest BCUT2D eigenvalue weighted by Crippen LogP contribution is 2.17. The van der Waals surface area contributed by atoms with Crippen LogP contribution in [0.2, 0.25) is 0 Å². The van der Waals surface area contributed by atoms with E-state index in [1.807, 2.05) is 32.3 Å². The quantitative estimate of drug-likeness (QED) is 0.809. The maximum absolute atomic E-state index is 12.3. The number of thioether (sulfide) groups is 1. The highest BCUT2D eigenvalue weighted by Gasteiger charge is 2.15. The van der Waals surface area contributed by atoms with Gasteiger partial charge in [-0.05, 0) is 57.0 Å². The normalized spacial score (nSPS) is 13.6. The van der Waals surface area contributed by atoms with E-state index >= 15 is 0 Å². The van der Waals surface area contributed by atoms with Crippen molar-refractivity contribution in [1.29, 1.82) is 0 Å². The van der Waals surface area contributed by atoms with Gasteiger partial charge in [-0.2, -0.15) is 11.8 Å². The average Bonchev–Trinajstić information content (AvgIpc) is 2.51. The SMILES string of the molecule is CNC(C)c1cccc(NC(=O)N(C)C(C)CCSC)c1. The first kappa shape index (κ1) is 17.9. The Labute approximate surface area is 132 Å². The molecule has 2 amide bonds. The molecular weight excluding hydrogens is 282 g/mol. The molecular formula is C16H27N3OS. The van der Waals surface area contributed by atoms with Crippen LogP contribution in [-0.2, 0) is 0 Å². The molecule has 2 N–H and O–H groups in total. The molecule has 1 aromatic rings. The molecule has 2 unspecified atom stereocenters. The van der Waals surface area contributed by atoms with Gasteiger partial charge in [0.1, 0.15) is 0 Å². The van der Waals surface area contributed by atoms with E-state index in [2.05, 4.69) is 36.8 Å². The van der Waals surface area contributed by atoms with E-state index in [9.17, 15) is 4.79 Å². The molecule has 0 aromatic heterocycles. The summed E-state index contributed by atoms with van der Waals surface area (Å²) in [6.45, 7) is 4.17. The summed E-state index contributed by atoms with van der Waals surface area (Å²) in [5.74, 6) is 1.06. The van der Waals surface area contributed by atoms with Gasteiger partial charge in [0.15, 0.2) is 0 Å². The van der Waals surface area contributed by atoms with Crippen LogP contribution >= 0.6 is 11.8 Å².